The van der Waals surface area contributed by atoms with Gasteiger partial charge in [0.1, 0.15) is 5.82 Å². The fourth-order valence-electron chi connectivity index (χ4n) is 4.47. The van der Waals surface area contributed by atoms with E-state index in [0.29, 0.717) is 29.9 Å². The van der Waals surface area contributed by atoms with Crippen LogP contribution >= 0.6 is 0 Å². The van der Waals surface area contributed by atoms with Crippen LogP contribution in [0.1, 0.15) is 45.1 Å². The van der Waals surface area contributed by atoms with Crippen LogP contribution in [-0.4, -0.2) is 58.2 Å². The minimum Gasteiger partial charge on any atom is -0.383 e. The van der Waals surface area contributed by atoms with Gasteiger partial charge in [-0.25, -0.2) is 4.98 Å². The van der Waals surface area contributed by atoms with Crippen molar-refractivity contribution >= 4 is 29.2 Å². The molecule has 3 amide bonds. The Morgan fingerprint density at radius 3 is 2.48 bits per heavy atom. The Kier molecular flexibility index (Phi) is 6.39. The van der Waals surface area contributed by atoms with Crippen molar-refractivity contribution in [2.24, 2.45) is 11.8 Å². The SMILES string of the molecule is CC(=O)N1CCC(C2CCC(C)CN2C(=O)C(=O)Nc2cnc(N)c(C)c2)CC1. The van der Waals surface area contributed by atoms with Crippen molar-refractivity contribution in [2.45, 2.75) is 52.5 Å². The molecule has 8 heteroatoms. The molecule has 0 aliphatic carbocycles. The smallest absolute Gasteiger partial charge is 0.313 e. The van der Waals surface area contributed by atoms with Gasteiger partial charge in [0, 0.05) is 32.6 Å². The van der Waals surface area contributed by atoms with Crippen LogP contribution in [0.3, 0.4) is 0 Å². The van der Waals surface area contributed by atoms with E-state index in [9.17, 15) is 14.4 Å². The molecule has 2 aliphatic rings. The van der Waals surface area contributed by atoms with Crippen LogP contribution in [0.25, 0.3) is 0 Å². The van der Waals surface area contributed by atoms with Crippen LogP contribution in [-0.2, 0) is 14.4 Å². The molecule has 2 saturated heterocycles. The molecule has 8 nitrogen and oxygen atoms in total. The molecule has 0 radical (unpaired) electrons. The highest BCUT2D eigenvalue weighted by atomic mass is 16.2. The number of nitrogens with two attached hydrogens (primary N) is 1. The van der Waals surface area contributed by atoms with Crippen LogP contribution in [0, 0.1) is 18.8 Å². The second-order valence-electron chi connectivity index (χ2n) is 8.43. The summed E-state index contributed by atoms with van der Waals surface area (Å²) in [6.45, 7) is 7.53. The first-order valence-corrected chi connectivity index (χ1v) is 10.4. The zero-order chi connectivity index (χ0) is 21.1. The van der Waals surface area contributed by atoms with Crippen molar-refractivity contribution < 1.29 is 14.4 Å². The summed E-state index contributed by atoms with van der Waals surface area (Å²) in [7, 11) is 0. The van der Waals surface area contributed by atoms with Gasteiger partial charge in [-0.15, -0.1) is 0 Å². The molecule has 0 bridgehead atoms. The average Bonchev–Trinajstić information content (AvgIpc) is 2.70. The van der Waals surface area contributed by atoms with Crippen LogP contribution < -0.4 is 11.1 Å². The highest BCUT2D eigenvalue weighted by molar-refractivity contribution is 6.39. The Morgan fingerprint density at radius 2 is 1.86 bits per heavy atom. The van der Waals surface area contributed by atoms with E-state index in [4.69, 9.17) is 5.73 Å². The number of nitrogen functional groups attached to an aromatic ring is 1. The number of carbonyl (C=O) groups excluding carboxylic acids is 3. The van der Waals surface area contributed by atoms with Crippen molar-refractivity contribution in [1.82, 2.24) is 14.8 Å². The number of nitrogens with one attached hydrogen (secondary N) is 1. The number of rotatable bonds is 2. The molecule has 3 heterocycles. The van der Waals surface area contributed by atoms with Crippen molar-refractivity contribution in [3.8, 4) is 0 Å². The maximum atomic E-state index is 13.0. The van der Waals surface area contributed by atoms with Gasteiger partial charge in [0.15, 0.2) is 0 Å². The normalized spacial score (nSPS) is 23.0. The van der Waals surface area contributed by atoms with Crippen LogP contribution in [0.2, 0.25) is 0 Å². The minimum absolute atomic E-state index is 0.0461. The summed E-state index contributed by atoms with van der Waals surface area (Å²) >= 11 is 0. The number of piperidine rings is 2. The Bertz CT molecular complexity index is 789. The highest BCUT2D eigenvalue weighted by Crippen LogP contribution is 2.32. The topological polar surface area (TPSA) is 109 Å². The van der Waals surface area contributed by atoms with Crippen molar-refractivity contribution in [2.75, 3.05) is 30.7 Å². The summed E-state index contributed by atoms with van der Waals surface area (Å²) in [6.07, 6.45) is 5.13. The second kappa shape index (κ2) is 8.80. The quantitative estimate of drug-likeness (QED) is 0.735. The van der Waals surface area contributed by atoms with E-state index < -0.39 is 11.8 Å². The Hall–Kier alpha value is -2.64. The molecular formula is C21H31N5O3. The maximum Gasteiger partial charge on any atom is 0.313 e. The van der Waals surface area contributed by atoms with Crippen LogP contribution in [0.15, 0.2) is 12.3 Å². The van der Waals surface area contributed by atoms with Crippen molar-refractivity contribution in [3.63, 3.8) is 0 Å². The predicted octanol–water partition coefficient (Wildman–Crippen LogP) is 1.80. The van der Waals surface area contributed by atoms with Gasteiger partial charge in [-0.1, -0.05) is 6.92 Å². The number of likely N-dealkylation sites (tertiary alicyclic amines) is 2. The lowest BCUT2D eigenvalue weighted by Crippen LogP contribution is -2.54. The molecule has 0 saturated carbocycles. The summed E-state index contributed by atoms with van der Waals surface area (Å²) in [6, 6.07) is 1.76. The number of aryl methyl sites for hydroxylation is 1. The van der Waals surface area contributed by atoms with E-state index in [-0.39, 0.29) is 11.9 Å². The van der Waals surface area contributed by atoms with E-state index >= 15 is 0 Å². The van der Waals surface area contributed by atoms with Gasteiger partial charge in [-0.3, -0.25) is 14.4 Å². The summed E-state index contributed by atoms with van der Waals surface area (Å²) in [4.78, 5) is 44.9. The van der Waals surface area contributed by atoms with Gasteiger partial charge in [0.2, 0.25) is 5.91 Å². The standard InChI is InChI=1S/C21H31N5O3/c1-13-4-5-18(16-6-8-25(9-7-16)15(3)27)26(12-13)21(29)20(28)24-17-10-14(2)19(22)23-11-17/h10-11,13,16,18H,4-9,12H2,1-3H3,(H2,22,23)(H,24,28). The number of carbonyl (C=O) groups is 3. The molecule has 29 heavy (non-hydrogen) atoms. The van der Waals surface area contributed by atoms with Gasteiger partial charge >= 0.3 is 11.8 Å². The summed E-state index contributed by atoms with van der Waals surface area (Å²) < 4.78 is 0. The molecule has 0 aromatic carbocycles. The molecule has 1 aromatic heterocycles. The van der Waals surface area contributed by atoms with Gasteiger partial charge in [0.25, 0.3) is 0 Å². The van der Waals surface area contributed by atoms with Gasteiger partial charge in [0.05, 0.1) is 11.9 Å². The first kappa shape index (κ1) is 21.1. The first-order chi connectivity index (χ1) is 13.8. The van der Waals surface area contributed by atoms with Gasteiger partial charge in [-0.05, 0) is 56.1 Å². The van der Waals surface area contributed by atoms with Crippen molar-refractivity contribution in [1.29, 1.82) is 0 Å². The average molecular weight is 402 g/mol. The third kappa shape index (κ3) is 4.86. The lowest BCUT2D eigenvalue weighted by atomic mass is 9.81. The fraction of sp³-hybridized carbons (Fsp3) is 0.619. The number of hydrogen-bond acceptors (Lipinski definition) is 5. The molecule has 3 rings (SSSR count). The second-order valence-corrected chi connectivity index (χ2v) is 8.43. The zero-order valence-corrected chi connectivity index (χ0v) is 17.5. The Morgan fingerprint density at radius 1 is 1.17 bits per heavy atom. The lowest BCUT2D eigenvalue weighted by Gasteiger charge is -2.45. The van der Waals surface area contributed by atoms with E-state index in [2.05, 4.69) is 17.2 Å². The summed E-state index contributed by atoms with van der Waals surface area (Å²) in [5, 5.41) is 2.67. The van der Waals surface area contributed by atoms with Gasteiger partial charge < -0.3 is 20.9 Å². The van der Waals surface area contributed by atoms with Crippen LogP contribution in [0.5, 0.6) is 0 Å². The monoisotopic (exact) mass is 401 g/mol. The lowest BCUT2D eigenvalue weighted by molar-refractivity contribution is -0.148. The fourth-order valence-corrected chi connectivity index (χ4v) is 4.47. The number of pyridine rings is 1. The highest BCUT2D eigenvalue weighted by Gasteiger charge is 2.38. The number of hydrogen-bond donors (Lipinski definition) is 2. The predicted molar refractivity (Wildman–Crippen MR) is 111 cm³/mol. The maximum absolute atomic E-state index is 13.0. The number of amides is 3. The minimum atomic E-state index is -0.642. The largest absolute Gasteiger partial charge is 0.383 e. The zero-order valence-electron chi connectivity index (χ0n) is 17.5. The Labute approximate surface area is 171 Å². The summed E-state index contributed by atoms with van der Waals surface area (Å²) in [5.74, 6) is 0.0360. The molecule has 2 atom stereocenters. The summed E-state index contributed by atoms with van der Waals surface area (Å²) in [5.41, 5.74) is 6.93. The molecule has 1 aromatic rings. The molecule has 0 spiro atoms. The van der Waals surface area contributed by atoms with Crippen LogP contribution in [0.4, 0.5) is 11.5 Å². The molecular weight excluding hydrogens is 370 g/mol. The van der Waals surface area contributed by atoms with E-state index in [1.54, 1.807) is 24.8 Å². The molecule has 158 valence electrons. The first-order valence-electron chi connectivity index (χ1n) is 10.4. The number of nitrogens with zero attached hydrogens (tertiary/aromatic N) is 3. The van der Waals surface area contributed by atoms with Gasteiger partial charge in [-0.2, -0.15) is 0 Å². The Balaban J connectivity index is 1.69. The molecule has 2 unspecified atom stereocenters. The molecule has 3 N–H and O–H groups in total. The van der Waals surface area contributed by atoms with E-state index in [1.165, 1.54) is 6.20 Å². The van der Waals surface area contributed by atoms with E-state index in [0.717, 1.165) is 44.3 Å². The third-order valence-electron chi connectivity index (χ3n) is 6.22. The van der Waals surface area contributed by atoms with E-state index in [1.807, 2.05) is 4.90 Å². The third-order valence-corrected chi connectivity index (χ3v) is 6.22. The molecule has 2 aliphatic heterocycles. The number of aromatic nitrogens is 1. The van der Waals surface area contributed by atoms with Crippen molar-refractivity contribution in [3.05, 3.63) is 17.8 Å². The number of anilines is 2. The molecule has 2 fully saturated rings.